The van der Waals surface area contributed by atoms with E-state index in [1.165, 1.54) is 35.9 Å². The summed E-state index contributed by atoms with van der Waals surface area (Å²) in [5.41, 5.74) is 0.186. The second-order valence-electron chi connectivity index (χ2n) is 9.61. The second-order valence-corrected chi connectivity index (χ2v) is 10.6. The van der Waals surface area contributed by atoms with Crippen LogP contribution < -0.4 is 20.3 Å². The van der Waals surface area contributed by atoms with Gasteiger partial charge in [-0.05, 0) is 67.8 Å². The van der Waals surface area contributed by atoms with E-state index in [0.717, 1.165) is 22.6 Å². The maximum Gasteiger partial charge on any atom is 0.416 e. The molecule has 3 amide bonds. The molecule has 5 rings (SSSR count). The first kappa shape index (κ1) is 29.0. The summed E-state index contributed by atoms with van der Waals surface area (Å²) < 4.78 is 44.3. The standard InChI is InChI=1S/C28H25F3N6O4S/c1-16(38)11-18-9-10-37(24(18)39)27-34-15-23(42-27)17-5-7-22(8-6-17)41-26-32-13-21(14-33-26)36-25(40)35-20-4-2-3-19(12-20)28(29,30)31/h2-8,12-16,18,38H,9-11H2,1H3,(H2,35,36,40). The second kappa shape index (κ2) is 12.1. The number of rotatable bonds is 8. The lowest BCUT2D eigenvalue weighted by Gasteiger charge is -2.13. The van der Waals surface area contributed by atoms with E-state index >= 15 is 0 Å². The van der Waals surface area contributed by atoms with Crippen LogP contribution in [-0.4, -0.2) is 44.6 Å². The van der Waals surface area contributed by atoms with Crippen LogP contribution in [0.2, 0.25) is 0 Å². The molecule has 3 N–H and O–H groups in total. The highest BCUT2D eigenvalue weighted by Crippen LogP contribution is 2.36. The quantitative estimate of drug-likeness (QED) is 0.221. The Morgan fingerprint density at radius 3 is 2.50 bits per heavy atom. The molecule has 2 atom stereocenters. The molecule has 0 saturated carbocycles. The third-order valence-corrected chi connectivity index (χ3v) is 7.42. The Hall–Kier alpha value is -4.56. The number of hydrogen-bond donors (Lipinski definition) is 3. The van der Waals surface area contributed by atoms with Crippen molar-refractivity contribution in [2.75, 3.05) is 22.1 Å². The number of ether oxygens (including phenoxy) is 1. The molecule has 2 unspecified atom stereocenters. The number of carbonyl (C=O) groups excluding carboxylic acids is 2. The van der Waals surface area contributed by atoms with Gasteiger partial charge in [0.05, 0.1) is 34.6 Å². The number of alkyl halides is 3. The average Bonchev–Trinajstić information content (AvgIpc) is 3.56. The minimum Gasteiger partial charge on any atom is -0.424 e. The highest BCUT2D eigenvalue weighted by atomic mass is 32.1. The normalized spacial score (nSPS) is 15.9. The minimum absolute atomic E-state index is 0.0156. The van der Waals surface area contributed by atoms with Crippen LogP contribution in [0.25, 0.3) is 10.4 Å². The Morgan fingerprint density at radius 2 is 1.81 bits per heavy atom. The van der Waals surface area contributed by atoms with Crippen molar-refractivity contribution in [1.29, 1.82) is 0 Å². The van der Waals surface area contributed by atoms with E-state index in [1.807, 2.05) is 12.1 Å². The van der Waals surface area contributed by atoms with Gasteiger partial charge in [0, 0.05) is 24.3 Å². The lowest BCUT2D eigenvalue weighted by Crippen LogP contribution is -2.27. The van der Waals surface area contributed by atoms with Gasteiger partial charge in [-0.2, -0.15) is 13.2 Å². The number of halogens is 3. The largest absolute Gasteiger partial charge is 0.424 e. The molecule has 2 aromatic heterocycles. The SMILES string of the molecule is CC(O)CC1CCN(c2ncc(-c3ccc(Oc4ncc(NC(=O)Nc5cccc(C(F)(F)F)c5)cn4)cc3)s2)C1=O. The van der Waals surface area contributed by atoms with Gasteiger partial charge in [-0.3, -0.25) is 9.69 Å². The molecule has 0 spiro atoms. The molecular weight excluding hydrogens is 573 g/mol. The van der Waals surface area contributed by atoms with Gasteiger partial charge in [-0.1, -0.05) is 17.4 Å². The van der Waals surface area contributed by atoms with Gasteiger partial charge in [0.1, 0.15) is 5.75 Å². The van der Waals surface area contributed by atoms with Gasteiger partial charge in [0.2, 0.25) is 5.91 Å². The molecular formula is C28H25F3N6O4S. The van der Waals surface area contributed by atoms with Crippen LogP contribution in [0, 0.1) is 5.92 Å². The molecule has 1 fully saturated rings. The third kappa shape index (κ3) is 7.01. The summed E-state index contributed by atoms with van der Waals surface area (Å²) in [4.78, 5) is 40.0. The van der Waals surface area contributed by atoms with Crippen LogP contribution in [0.3, 0.4) is 0 Å². The van der Waals surface area contributed by atoms with E-state index < -0.39 is 23.9 Å². The fourth-order valence-corrected chi connectivity index (χ4v) is 5.33. The van der Waals surface area contributed by atoms with Gasteiger partial charge in [-0.25, -0.2) is 19.7 Å². The Labute approximate surface area is 242 Å². The predicted molar refractivity (Wildman–Crippen MR) is 150 cm³/mol. The van der Waals surface area contributed by atoms with Crippen molar-refractivity contribution in [3.8, 4) is 22.2 Å². The van der Waals surface area contributed by atoms with Gasteiger partial charge < -0.3 is 20.5 Å². The van der Waals surface area contributed by atoms with E-state index in [0.29, 0.717) is 30.3 Å². The third-order valence-electron chi connectivity index (χ3n) is 6.35. The summed E-state index contributed by atoms with van der Waals surface area (Å²) in [7, 11) is 0. The molecule has 0 radical (unpaired) electrons. The Balaban J connectivity index is 1.15. The molecule has 14 heteroatoms. The van der Waals surface area contributed by atoms with Gasteiger partial charge in [-0.15, -0.1) is 0 Å². The van der Waals surface area contributed by atoms with Crippen LogP contribution in [0.1, 0.15) is 25.3 Å². The summed E-state index contributed by atoms with van der Waals surface area (Å²) in [6.45, 7) is 2.26. The monoisotopic (exact) mass is 598 g/mol. The number of anilines is 3. The highest BCUT2D eigenvalue weighted by Gasteiger charge is 2.34. The smallest absolute Gasteiger partial charge is 0.416 e. The van der Waals surface area contributed by atoms with Crippen molar-refractivity contribution < 1.29 is 32.6 Å². The van der Waals surface area contributed by atoms with E-state index in [-0.39, 0.29) is 29.2 Å². The molecule has 0 bridgehead atoms. The van der Waals surface area contributed by atoms with Crippen molar-refractivity contribution >= 4 is 39.8 Å². The first-order valence-corrected chi connectivity index (χ1v) is 13.7. The number of amides is 3. The fourth-order valence-electron chi connectivity index (χ4n) is 4.38. The van der Waals surface area contributed by atoms with Crippen LogP contribution in [-0.2, 0) is 11.0 Å². The van der Waals surface area contributed by atoms with Crippen molar-refractivity contribution in [3.05, 3.63) is 72.7 Å². The van der Waals surface area contributed by atoms with E-state index in [2.05, 4.69) is 25.6 Å². The first-order valence-electron chi connectivity index (χ1n) is 12.9. The predicted octanol–water partition coefficient (Wildman–Crippen LogP) is 6.18. The number of aliphatic hydroxyl groups is 1. The van der Waals surface area contributed by atoms with Crippen molar-refractivity contribution in [2.24, 2.45) is 5.92 Å². The molecule has 2 aromatic carbocycles. The van der Waals surface area contributed by atoms with Crippen LogP contribution in [0.4, 0.5) is 34.5 Å². The number of thiazole rings is 1. The molecule has 3 heterocycles. The van der Waals surface area contributed by atoms with Crippen LogP contribution in [0.15, 0.2) is 67.1 Å². The number of hydrogen-bond acceptors (Lipinski definition) is 8. The fraction of sp³-hybridized carbons (Fsp3) is 0.250. The number of benzene rings is 2. The Bertz CT molecular complexity index is 1560. The van der Waals surface area contributed by atoms with Gasteiger partial charge in [0.25, 0.3) is 0 Å². The zero-order valence-corrected chi connectivity index (χ0v) is 22.9. The topological polar surface area (TPSA) is 130 Å². The Morgan fingerprint density at radius 1 is 1.10 bits per heavy atom. The zero-order valence-electron chi connectivity index (χ0n) is 22.1. The van der Waals surface area contributed by atoms with Crippen molar-refractivity contribution in [3.63, 3.8) is 0 Å². The molecule has 1 saturated heterocycles. The summed E-state index contributed by atoms with van der Waals surface area (Å²) in [6.07, 6.45) is 0.387. The van der Waals surface area contributed by atoms with Gasteiger partial charge in [0.15, 0.2) is 5.13 Å². The van der Waals surface area contributed by atoms with E-state index in [1.54, 1.807) is 30.2 Å². The summed E-state index contributed by atoms with van der Waals surface area (Å²) in [6, 6.07) is 10.7. The molecule has 1 aliphatic heterocycles. The summed E-state index contributed by atoms with van der Waals surface area (Å²) in [5.74, 6) is 0.253. The van der Waals surface area contributed by atoms with E-state index in [9.17, 15) is 27.9 Å². The number of nitrogens with one attached hydrogen (secondary N) is 2. The molecule has 0 aliphatic carbocycles. The lowest BCUT2D eigenvalue weighted by atomic mass is 10.0. The van der Waals surface area contributed by atoms with Crippen molar-refractivity contribution in [2.45, 2.75) is 32.0 Å². The number of nitrogens with zero attached hydrogens (tertiary/aromatic N) is 4. The summed E-state index contributed by atoms with van der Waals surface area (Å²) in [5, 5.41) is 15.0. The Kier molecular flexibility index (Phi) is 8.36. The molecule has 42 heavy (non-hydrogen) atoms. The van der Waals surface area contributed by atoms with Gasteiger partial charge >= 0.3 is 18.2 Å². The highest BCUT2D eigenvalue weighted by molar-refractivity contribution is 7.19. The number of aliphatic hydroxyl groups excluding tert-OH is 1. The average molecular weight is 599 g/mol. The van der Waals surface area contributed by atoms with Crippen LogP contribution in [0.5, 0.6) is 11.8 Å². The molecule has 10 nitrogen and oxygen atoms in total. The number of carbonyl (C=O) groups is 2. The zero-order chi connectivity index (χ0) is 29.9. The minimum atomic E-state index is -4.53. The first-order chi connectivity index (χ1) is 20.0. The molecule has 218 valence electrons. The maximum absolute atomic E-state index is 12.9. The molecule has 1 aliphatic rings. The lowest BCUT2D eigenvalue weighted by molar-refractivity contribution is -0.137. The van der Waals surface area contributed by atoms with Crippen LogP contribution >= 0.6 is 11.3 Å². The number of aromatic nitrogens is 3. The maximum atomic E-state index is 12.9. The molecule has 4 aromatic rings. The summed E-state index contributed by atoms with van der Waals surface area (Å²) >= 11 is 1.40. The number of urea groups is 1. The van der Waals surface area contributed by atoms with E-state index in [4.69, 9.17) is 4.74 Å². The van der Waals surface area contributed by atoms with Crippen molar-refractivity contribution in [1.82, 2.24) is 15.0 Å².